The number of carbonyl (C=O) groups is 2. The summed E-state index contributed by atoms with van der Waals surface area (Å²) in [5, 5.41) is 8.76. The Morgan fingerprint density at radius 3 is 2.55 bits per heavy atom. The minimum atomic E-state index is -3.97. The van der Waals surface area contributed by atoms with Crippen LogP contribution < -0.4 is 0 Å². The highest BCUT2D eigenvalue weighted by molar-refractivity contribution is 7.86. The number of nitrogens with zero attached hydrogens (tertiary/aromatic N) is 2. The van der Waals surface area contributed by atoms with Crippen LogP contribution in [-0.4, -0.2) is 66.4 Å². The van der Waals surface area contributed by atoms with E-state index < -0.39 is 34.7 Å². The highest BCUT2D eigenvalue weighted by Crippen LogP contribution is 2.24. The van der Waals surface area contributed by atoms with Gasteiger partial charge in [-0.05, 0) is 19.8 Å². The Morgan fingerprint density at radius 1 is 1.40 bits per heavy atom. The Balaban J connectivity index is 2.94. The van der Waals surface area contributed by atoms with Crippen molar-refractivity contribution < 1.29 is 27.9 Å². The Hall–Kier alpha value is -1.19. The molecule has 0 amide bonds. The molecule has 20 heavy (non-hydrogen) atoms. The first kappa shape index (κ1) is 16.9. The van der Waals surface area contributed by atoms with E-state index in [1.165, 1.54) is 0 Å². The van der Waals surface area contributed by atoms with Crippen molar-refractivity contribution in [2.75, 3.05) is 26.2 Å². The van der Waals surface area contributed by atoms with E-state index in [0.29, 0.717) is 12.8 Å². The summed E-state index contributed by atoms with van der Waals surface area (Å²) in [6, 6.07) is -0.859. The van der Waals surface area contributed by atoms with Crippen LogP contribution in [0.2, 0.25) is 0 Å². The lowest BCUT2D eigenvalue weighted by Crippen LogP contribution is -2.50. The Morgan fingerprint density at radius 2 is 2.05 bits per heavy atom. The Bertz CT molecular complexity index is 464. The molecular weight excluding hydrogens is 288 g/mol. The third kappa shape index (κ3) is 3.68. The molecule has 116 valence electrons. The van der Waals surface area contributed by atoms with E-state index in [1.807, 2.05) is 0 Å². The summed E-state index contributed by atoms with van der Waals surface area (Å²) in [5.41, 5.74) is 0. The van der Waals surface area contributed by atoms with Crippen LogP contribution >= 0.6 is 0 Å². The summed E-state index contributed by atoms with van der Waals surface area (Å²) in [7, 11) is -3.97. The maximum absolute atomic E-state index is 12.4. The molecule has 8 nitrogen and oxygen atoms in total. The predicted octanol–water partition coefficient (Wildman–Crippen LogP) is -0.335. The molecule has 1 heterocycles. The molecule has 1 saturated heterocycles. The van der Waals surface area contributed by atoms with Crippen LogP contribution in [0.4, 0.5) is 0 Å². The van der Waals surface area contributed by atoms with Crippen molar-refractivity contribution in [3.8, 4) is 0 Å². The summed E-state index contributed by atoms with van der Waals surface area (Å²) in [6.07, 6.45) is 0.941. The van der Waals surface area contributed by atoms with Gasteiger partial charge in [-0.1, -0.05) is 6.92 Å². The second-order valence-corrected chi connectivity index (χ2v) is 6.23. The second kappa shape index (κ2) is 7.00. The maximum Gasteiger partial charge on any atom is 0.324 e. The number of rotatable bonds is 7. The summed E-state index contributed by atoms with van der Waals surface area (Å²) < 4.78 is 31.5. The van der Waals surface area contributed by atoms with E-state index >= 15 is 0 Å². The average molecular weight is 308 g/mol. The first-order valence-corrected chi connectivity index (χ1v) is 7.89. The molecular formula is C11H20N2O6S. The third-order valence-corrected chi connectivity index (χ3v) is 5.12. The van der Waals surface area contributed by atoms with Crippen molar-refractivity contribution in [1.82, 2.24) is 8.61 Å². The minimum absolute atomic E-state index is 0.0285. The van der Waals surface area contributed by atoms with Gasteiger partial charge in [-0.25, -0.2) is 0 Å². The Labute approximate surface area is 118 Å². The zero-order valence-electron chi connectivity index (χ0n) is 11.6. The van der Waals surface area contributed by atoms with E-state index in [9.17, 15) is 18.0 Å². The molecule has 1 aliphatic heterocycles. The number of hydrogen-bond donors (Lipinski definition) is 1. The number of carboxylic acids is 1. The van der Waals surface area contributed by atoms with Crippen LogP contribution in [0.3, 0.4) is 0 Å². The molecule has 9 heteroatoms. The van der Waals surface area contributed by atoms with Crippen LogP contribution in [0, 0.1) is 0 Å². The number of carboxylic acid groups (broad SMARTS) is 1. The molecule has 1 atom stereocenters. The lowest BCUT2D eigenvalue weighted by atomic mass is 10.2. The van der Waals surface area contributed by atoms with E-state index in [2.05, 4.69) is 0 Å². The Kier molecular flexibility index (Phi) is 5.90. The molecule has 1 fully saturated rings. The van der Waals surface area contributed by atoms with Gasteiger partial charge < -0.3 is 9.84 Å². The van der Waals surface area contributed by atoms with Gasteiger partial charge in [0.15, 0.2) is 0 Å². The molecule has 0 aromatic carbocycles. The van der Waals surface area contributed by atoms with E-state index in [0.717, 1.165) is 8.61 Å². The van der Waals surface area contributed by atoms with Crippen molar-refractivity contribution in [2.45, 2.75) is 32.7 Å². The quantitative estimate of drug-likeness (QED) is 0.646. The van der Waals surface area contributed by atoms with Crippen molar-refractivity contribution in [1.29, 1.82) is 0 Å². The summed E-state index contributed by atoms with van der Waals surface area (Å²) in [5.74, 6) is -1.82. The summed E-state index contributed by atoms with van der Waals surface area (Å²) in [6.45, 7) is 2.98. The molecule has 0 bridgehead atoms. The number of hydrogen-bond acceptors (Lipinski definition) is 5. The first-order chi connectivity index (χ1) is 9.34. The lowest BCUT2D eigenvalue weighted by Gasteiger charge is -2.28. The van der Waals surface area contributed by atoms with Crippen LogP contribution in [0.25, 0.3) is 0 Å². The monoisotopic (exact) mass is 308 g/mol. The van der Waals surface area contributed by atoms with E-state index in [1.54, 1.807) is 13.8 Å². The molecule has 0 spiro atoms. The smallest absolute Gasteiger partial charge is 0.324 e. The topological polar surface area (TPSA) is 104 Å². The highest BCUT2D eigenvalue weighted by Gasteiger charge is 2.42. The van der Waals surface area contributed by atoms with E-state index in [-0.39, 0.29) is 19.7 Å². The molecule has 1 unspecified atom stereocenters. The van der Waals surface area contributed by atoms with Crippen LogP contribution in [0.15, 0.2) is 0 Å². The van der Waals surface area contributed by atoms with Gasteiger partial charge in [-0.3, -0.25) is 9.59 Å². The number of likely N-dealkylation sites (N-methyl/N-ethyl adjacent to an activating group) is 1. The molecule has 1 rings (SSSR count). The van der Waals surface area contributed by atoms with Gasteiger partial charge in [-0.15, -0.1) is 0 Å². The van der Waals surface area contributed by atoms with Gasteiger partial charge in [-0.2, -0.15) is 17.0 Å². The van der Waals surface area contributed by atoms with E-state index in [4.69, 9.17) is 9.84 Å². The van der Waals surface area contributed by atoms with Gasteiger partial charge in [0.25, 0.3) is 10.2 Å². The highest BCUT2D eigenvalue weighted by atomic mass is 32.2. The van der Waals surface area contributed by atoms with Crippen molar-refractivity contribution in [3.63, 3.8) is 0 Å². The fourth-order valence-electron chi connectivity index (χ4n) is 2.15. The number of esters is 1. The van der Waals surface area contributed by atoms with Gasteiger partial charge in [0.05, 0.1) is 6.61 Å². The molecule has 0 aromatic heterocycles. The zero-order valence-corrected chi connectivity index (χ0v) is 12.4. The largest absolute Gasteiger partial charge is 0.480 e. The van der Waals surface area contributed by atoms with Crippen molar-refractivity contribution >= 4 is 22.1 Å². The van der Waals surface area contributed by atoms with Gasteiger partial charge in [0.2, 0.25) is 0 Å². The number of aliphatic carboxylic acids is 1. The van der Waals surface area contributed by atoms with Crippen molar-refractivity contribution in [2.24, 2.45) is 0 Å². The second-order valence-electron chi connectivity index (χ2n) is 4.35. The fraction of sp³-hybridized carbons (Fsp3) is 0.818. The molecule has 0 aliphatic carbocycles. The number of carbonyl (C=O) groups excluding carboxylic acids is 1. The summed E-state index contributed by atoms with van der Waals surface area (Å²) in [4.78, 5) is 22.5. The zero-order chi connectivity index (χ0) is 15.3. The van der Waals surface area contributed by atoms with Crippen LogP contribution in [0.1, 0.15) is 26.7 Å². The van der Waals surface area contributed by atoms with Gasteiger partial charge in [0.1, 0.15) is 12.6 Å². The lowest BCUT2D eigenvalue weighted by molar-refractivity contribution is -0.146. The number of ether oxygens (including phenoxy) is 1. The molecule has 0 aromatic rings. The molecule has 1 N–H and O–H groups in total. The van der Waals surface area contributed by atoms with Crippen molar-refractivity contribution in [3.05, 3.63) is 0 Å². The predicted molar refractivity (Wildman–Crippen MR) is 70.2 cm³/mol. The van der Waals surface area contributed by atoms with Gasteiger partial charge >= 0.3 is 11.9 Å². The van der Waals surface area contributed by atoms with Crippen LogP contribution in [-0.2, 0) is 24.5 Å². The molecule has 0 radical (unpaired) electrons. The minimum Gasteiger partial charge on any atom is -0.480 e. The maximum atomic E-state index is 12.4. The van der Waals surface area contributed by atoms with Crippen LogP contribution in [0.5, 0.6) is 0 Å². The average Bonchev–Trinajstić information content (AvgIpc) is 2.85. The molecule has 0 saturated carbocycles. The van der Waals surface area contributed by atoms with Gasteiger partial charge in [0, 0.05) is 13.1 Å². The third-order valence-electron chi connectivity index (χ3n) is 3.05. The summed E-state index contributed by atoms with van der Waals surface area (Å²) >= 11 is 0. The normalized spacial score (nSPS) is 20.2. The molecule has 1 aliphatic rings. The first-order valence-electron chi connectivity index (χ1n) is 6.49. The fourth-order valence-corrected chi connectivity index (χ4v) is 3.92. The standard InChI is InChI=1S/C11H20N2O6S/c1-3-12(8-10(14)15)20(17,18)13-7-5-6-9(13)11(16)19-4-2/h9H,3-8H2,1-2H3,(H,14,15). The SMILES string of the molecule is CCOC(=O)C1CCCN1S(=O)(=O)N(CC)CC(=O)O.